The molecule has 0 nitrogen and oxygen atoms in total. The Kier molecular flexibility index (Phi) is 3.47. The Labute approximate surface area is 118 Å². The van der Waals surface area contributed by atoms with Crippen LogP contribution in [0, 0.1) is 5.92 Å². The highest BCUT2D eigenvalue weighted by Crippen LogP contribution is 2.42. The van der Waals surface area contributed by atoms with Crippen LogP contribution in [0.15, 0.2) is 41.0 Å². The molecule has 0 amide bonds. The van der Waals surface area contributed by atoms with Crippen molar-refractivity contribution in [3.8, 4) is 0 Å². The fourth-order valence-electron chi connectivity index (χ4n) is 2.98. The second kappa shape index (κ2) is 4.67. The minimum absolute atomic E-state index is 0.229. The van der Waals surface area contributed by atoms with Gasteiger partial charge in [0.1, 0.15) is 0 Å². The predicted molar refractivity (Wildman–Crippen MR) is 85.3 cm³/mol. The molecule has 1 atom stereocenters. The summed E-state index contributed by atoms with van der Waals surface area (Å²) in [6, 6.07) is 9.15. The summed E-state index contributed by atoms with van der Waals surface area (Å²) in [5.41, 5.74) is 8.99. The molecule has 0 saturated carbocycles. The molecule has 0 N–H and O–H groups in total. The standard InChI is InChI=1S/C19H26/c1-12-13(2)15(4)18(14(12)3)16-8-10-17(11-9-16)19(5,6)7/h8-11,14H,1-7H3. The van der Waals surface area contributed by atoms with Gasteiger partial charge in [0.15, 0.2) is 0 Å². The van der Waals surface area contributed by atoms with E-state index in [1.54, 1.807) is 0 Å². The topological polar surface area (TPSA) is 0 Å². The van der Waals surface area contributed by atoms with E-state index < -0.39 is 0 Å². The van der Waals surface area contributed by atoms with Gasteiger partial charge in [0, 0.05) is 5.92 Å². The molecule has 1 aromatic carbocycles. The van der Waals surface area contributed by atoms with Crippen LogP contribution in [-0.4, -0.2) is 0 Å². The average Bonchev–Trinajstić information content (AvgIpc) is 2.53. The third-order valence-corrected chi connectivity index (χ3v) is 4.70. The van der Waals surface area contributed by atoms with Crippen LogP contribution in [-0.2, 0) is 5.41 Å². The number of allylic oxidation sites excluding steroid dienone is 4. The molecule has 1 aromatic rings. The van der Waals surface area contributed by atoms with Gasteiger partial charge in [-0.3, -0.25) is 0 Å². The van der Waals surface area contributed by atoms with Crippen molar-refractivity contribution in [2.75, 3.05) is 0 Å². The molecule has 1 aliphatic rings. The number of benzene rings is 1. The SMILES string of the molecule is CC1=C(C)C(C)C(c2ccc(C(C)(C)C)cc2)=C1C. The number of hydrogen-bond acceptors (Lipinski definition) is 0. The Morgan fingerprint density at radius 1 is 0.842 bits per heavy atom. The van der Waals surface area contributed by atoms with Crippen molar-refractivity contribution in [3.63, 3.8) is 0 Å². The van der Waals surface area contributed by atoms with Crippen LogP contribution < -0.4 is 0 Å². The smallest absolute Gasteiger partial charge is 0.00315 e. The van der Waals surface area contributed by atoms with E-state index in [1.807, 2.05) is 0 Å². The van der Waals surface area contributed by atoms with Crippen molar-refractivity contribution in [2.45, 2.75) is 53.9 Å². The highest BCUT2D eigenvalue weighted by Gasteiger charge is 2.24. The van der Waals surface area contributed by atoms with Crippen LogP contribution in [0.2, 0.25) is 0 Å². The molecule has 0 bridgehead atoms. The van der Waals surface area contributed by atoms with Gasteiger partial charge in [-0.25, -0.2) is 0 Å². The van der Waals surface area contributed by atoms with Gasteiger partial charge < -0.3 is 0 Å². The molecule has 0 heterocycles. The molecule has 0 aromatic heterocycles. The largest absolute Gasteiger partial charge is 0.0629 e. The van der Waals surface area contributed by atoms with Crippen LogP contribution in [0.1, 0.15) is 59.6 Å². The van der Waals surface area contributed by atoms with Crippen LogP contribution in [0.5, 0.6) is 0 Å². The Morgan fingerprint density at radius 3 is 1.74 bits per heavy atom. The summed E-state index contributed by atoms with van der Waals surface area (Å²) >= 11 is 0. The molecule has 0 spiro atoms. The number of hydrogen-bond donors (Lipinski definition) is 0. The van der Waals surface area contributed by atoms with Gasteiger partial charge in [-0.2, -0.15) is 0 Å². The molecule has 0 fully saturated rings. The lowest BCUT2D eigenvalue weighted by atomic mass is 9.85. The summed E-state index contributed by atoms with van der Waals surface area (Å²) in [6.07, 6.45) is 0. The molecule has 2 rings (SSSR count). The Hall–Kier alpha value is -1.30. The predicted octanol–water partition coefficient (Wildman–Crippen LogP) is 5.74. The van der Waals surface area contributed by atoms with Crippen molar-refractivity contribution < 1.29 is 0 Å². The first kappa shape index (κ1) is 14.1. The maximum absolute atomic E-state index is 2.32. The molecule has 1 aliphatic carbocycles. The van der Waals surface area contributed by atoms with Gasteiger partial charge in [-0.1, -0.05) is 57.5 Å². The molecule has 0 heteroatoms. The highest BCUT2D eigenvalue weighted by molar-refractivity contribution is 5.79. The van der Waals surface area contributed by atoms with E-state index in [1.165, 1.54) is 33.4 Å². The van der Waals surface area contributed by atoms with E-state index >= 15 is 0 Å². The number of rotatable bonds is 1. The van der Waals surface area contributed by atoms with Crippen molar-refractivity contribution in [1.82, 2.24) is 0 Å². The third kappa shape index (κ3) is 2.41. The minimum atomic E-state index is 0.229. The van der Waals surface area contributed by atoms with E-state index in [0.29, 0.717) is 5.92 Å². The van der Waals surface area contributed by atoms with Crippen LogP contribution >= 0.6 is 0 Å². The lowest BCUT2D eigenvalue weighted by Crippen LogP contribution is -2.10. The zero-order valence-electron chi connectivity index (χ0n) is 13.4. The third-order valence-electron chi connectivity index (χ3n) is 4.70. The summed E-state index contributed by atoms with van der Waals surface area (Å²) in [5.74, 6) is 0.556. The Morgan fingerprint density at radius 2 is 1.37 bits per heavy atom. The normalized spacial score (nSPS) is 20.5. The van der Waals surface area contributed by atoms with Crippen LogP contribution in [0.3, 0.4) is 0 Å². The van der Waals surface area contributed by atoms with E-state index in [2.05, 4.69) is 72.7 Å². The first-order valence-electron chi connectivity index (χ1n) is 7.23. The molecule has 0 saturated heterocycles. The Balaban J connectivity index is 2.41. The van der Waals surface area contributed by atoms with Crippen LogP contribution in [0.4, 0.5) is 0 Å². The molecule has 1 unspecified atom stereocenters. The summed E-state index contributed by atoms with van der Waals surface area (Å²) in [5, 5.41) is 0. The van der Waals surface area contributed by atoms with E-state index in [0.717, 1.165) is 0 Å². The van der Waals surface area contributed by atoms with Gasteiger partial charge in [0.25, 0.3) is 0 Å². The lowest BCUT2D eigenvalue weighted by molar-refractivity contribution is 0.590. The fourth-order valence-corrected chi connectivity index (χ4v) is 2.98. The van der Waals surface area contributed by atoms with Crippen LogP contribution in [0.25, 0.3) is 5.57 Å². The van der Waals surface area contributed by atoms with Crippen molar-refractivity contribution in [3.05, 3.63) is 52.1 Å². The van der Waals surface area contributed by atoms with Gasteiger partial charge >= 0.3 is 0 Å². The van der Waals surface area contributed by atoms with Crippen molar-refractivity contribution in [2.24, 2.45) is 5.92 Å². The van der Waals surface area contributed by atoms with Gasteiger partial charge in [-0.15, -0.1) is 0 Å². The molecular weight excluding hydrogens is 228 g/mol. The second-order valence-corrected chi connectivity index (χ2v) is 6.90. The lowest BCUT2D eigenvalue weighted by Gasteiger charge is -2.20. The van der Waals surface area contributed by atoms with Gasteiger partial charge in [-0.05, 0) is 54.0 Å². The molecule has 0 radical (unpaired) electrons. The Bertz CT molecular complexity index is 545. The van der Waals surface area contributed by atoms with Gasteiger partial charge in [0.2, 0.25) is 0 Å². The van der Waals surface area contributed by atoms with Crippen molar-refractivity contribution in [1.29, 1.82) is 0 Å². The molecule has 102 valence electrons. The summed E-state index contributed by atoms with van der Waals surface area (Å²) in [7, 11) is 0. The monoisotopic (exact) mass is 254 g/mol. The summed E-state index contributed by atoms with van der Waals surface area (Å²) < 4.78 is 0. The molecule has 0 aliphatic heterocycles. The zero-order chi connectivity index (χ0) is 14.4. The minimum Gasteiger partial charge on any atom is -0.0629 e. The first-order chi connectivity index (χ1) is 8.73. The average molecular weight is 254 g/mol. The van der Waals surface area contributed by atoms with Crippen molar-refractivity contribution >= 4 is 5.57 Å². The first-order valence-corrected chi connectivity index (χ1v) is 7.23. The maximum Gasteiger partial charge on any atom is 0.00315 e. The second-order valence-electron chi connectivity index (χ2n) is 6.90. The summed E-state index contributed by atoms with van der Waals surface area (Å²) in [4.78, 5) is 0. The maximum atomic E-state index is 2.32. The summed E-state index contributed by atoms with van der Waals surface area (Å²) in [6.45, 7) is 15.9. The fraction of sp³-hybridized carbons (Fsp3) is 0.474. The van der Waals surface area contributed by atoms with E-state index in [4.69, 9.17) is 0 Å². The van der Waals surface area contributed by atoms with E-state index in [-0.39, 0.29) is 5.41 Å². The molecule has 19 heavy (non-hydrogen) atoms. The van der Waals surface area contributed by atoms with E-state index in [9.17, 15) is 0 Å². The zero-order valence-corrected chi connectivity index (χ0v) is 13.4. The highest BCUT2D eigenvalue weighted by atomic mass is 14.3. The molecular formula is C19H26. The quantitative estimate of drug-likeness (QED) is 0.599. The van der Waals surface area contributed by atoms with Gasteiger partial charge in [0.05, 0.1) is 0 Å².